The van der Waals surface area contributed by atoms with Gasteiger partial charge < -0.3 is 38.0 Å². The molecule has 17 nitrogen and oxygen atoms in total. The molecule has 1 aliphatic rings. The summed E-state index contributed by atoms with van der Waals surface area (Å²) >= 11 is 0. The summed E-state index contributed by atoms with van der Waals surface area (Å²) in [6.45, 7) is 6.56. The van der Waals surface area contributed by atoms with Crippen molar-refractivity contribution in [2.45, 2.75) is 82.5 Å². The van der Waals surface area contributed by atoms with Gasteiger partial charge in [0.1, 0.15) is 48.1 Å². The number of ether oxygens (including phenoxy) is 5. The maximum Gasteiger partial charge on any atom is 0.471 e. The van der Waals surface area contributed by atoms with Gasteiger partial charge in [0.15, 0.2) is 12.0 Å². The number of halogens is 3. The zero-order valence-electron chi connectivity index (χ0n) is 37.2. The Hall–Kier alpha value is -5.78. The molecule has 1 aliphatic heterocycles. The fourth-order valence-electron chi connectivity index (χ4n) is 7.56. The number of alkyl halides is 3. The van der Waals surface area contributed by atoms with E-state index in [1.165, 1.54) is 34.2 Å². The molecule has 1 unspecified atom stereocenters. The first-order valence-electron chi connectivity index (χ1n) is 21.0. The minimum absolute atomic E-state index is 0.00446. The second-order valence-electron chi connectivity index (χ2n) is 15.4. The Bertz CT molecular complexity index is 2350. The van der Waals surface area contributed by atoms with Crippen molar-refractivity contribution in [3.8, 4) is 23.4 Å². The number of nitriles is 1. The maximum atomic E-state index is 14.0. The Morgan fingerprint density at radius 3 is 2.06 bits per heavy atom. The average molecular weight is 937 g/mol. The quantitative estimate of drug-likeness (QED) is 0.0452. The van der Waals surface area contributed by atoms with Gasteiger partial charge in [0.2, 0.25) is 0 Å². The van der Waals surface area contributed by atoms with Crippen LogP contribution >= 0.6 is 8.53 Å². The van der Waals surface area contributed by atoms with Crippen LogP contribution in [0.5, 0.6) is 11.5 Å². The summed E-state index contributed by atoms with van der Waals surface area (Å²) in [5.41, 5.74) is 0.00452. The molecule has 0 spiro atoms. The summed E-state index contributed by atoms with van der Waals surface area (Å²) in [5.74, 6) is -0.786. The van der Waals surface area contributed by atoms with Crippen molar-refractivity contribution in [2.75, 3.05) is 40.6 Å². The van der Waals surface area contributed by atoms with E-state index < -0.39 is 69.6 Å². The minimum atomic E-state index is -5.13. The van der Waals surface area contributed by atoms with Crippen LogP contribution in [0.3, 0.4) is 0 Å². The van der Waals surface area contributed by atoms with Crippen molar-refractivity contribution < 1.29 is 50.7 Å². The molecule has 1 N–H and O–H groups in total. The molecular weight excluding hydrogens is 885 g/mol. The number of hydrogen-bond acceptors (Lipinski definition) is 14. The van der Waals surface area contributed by atoms with Crippen LogP contribution in [0.1, 0.15) is 57.0 Å². The molecule has 6 rings (SSSR count). The molecule has 0 saturated carbocycles. The van der Waals surface area contributed by atoms with E-state index in [1.807, 2.05) is 117 Å². The smallest absolute Gasteiger partial charge is 0.471 e. The van der Waals surface area contributed by atoms with Gasteiger partial charge in [0.25, 0.3) is 8.53 Å². The Morgan fingerprint density at radius 2 is 1.53 bits per heavy atom. The van der Waals surface area contributed by atoms with Gasteiger partial charge in [-0.25, -0.2) is 19.1 Å². The summed E-state index contributed by atoms with van der Waals surface area (Å²) in [5, 5.41) is 15.4. The number of carbonyl (C=O) groups is 1. The molecular formula is C45H52F3N8O9P. The maximum absolute atomic E-state index is 14.0. The highest BCUT2D eigenvalue weighted by Gasteiger charge is 2.52. The number of hydrogen-bond donors (Lipinski definition) is 1. The SMILES string of the molecule is COc1ccc(C(OC[C@H]2O[C@@H](n3ccc(-n4cncn4)nc3=O)[C@H](OCCNC(=O)C(F)(F)F)[C@@H]2OP(OCCC#N)N(C(C)C)C(C)C)(c2ccccc2)c2ccc(OC)cc2)cc1. The average Bonchev–Trinajstić information content (AvgIpc) is 3.97. The highest BCUT2D eigenvalue weighted by atomic mass is 31.2. The molecule has 66 heavy (non-hydrogen) atoms. The zero-order chi connectivity index (χ0) is 47.4. The number of rotatable bonds is 22. The molecule has 1 saturated heterocycles. The van der Waals surface area contributed by atoms with Gasteiger partial charge in [-0.05, 0) is 74.7 Å². The second kappa shape index (κ2) is 22.6. The summed E-state index contributed by atoms with van der Waals surface area (Å²) in [4.78, 5) is 34.0. The molecule has 0 bridgehead atoms. The lowest BCUT2D eigenvalue weighted by molar-refractivity contribution is -0.174. The number of benzene rings is 3. The fourth-order valence-corrected chi connectivity index (χ4v) is 9.33. The molecule has 3 heterocycles. The summed E-state index contributed by atoms with van der Waals surface area (Å²) in [6.07, 6.45) is -5.90. The molecule has 5 aromatic rings. The van der Waals surface area contributed by atoms with E-state index in [1.54, 1.807) is 14.2 Å². The molecule has 2 aromatic heterocycles. The Labute approximate surface area is 381 Å². The highest BCUT2D eigenvalue weighted by molar-refractivity contribution is 7.44. The number of nitrogens with zero attached hydrogens (tertiary/aromatic N) is 7. The largest absolute Gasteiger partial charge is 0.497 e. The third-order valence-corrected chi connectivity index (χ3v) is 12.6. The molecule has 352 valence electrons. The third-order valence-electron chi connectivity index (χ3n) is 10.5. The first-order chi connectivity index (χ1) is 31.7. The van der Waals surface area contributed by atoms with E-state index in [0.717, 1.165) is 5.56 Å². The number of methoxy groups -OCH3 is 2. The fraction of sp³-hybridized carbons (Fsp3) is 0.422. The van der Waals surface area contributed by atoms with E-state index in [4.69, 9.17) is 32.7 Å². The zero-order valence-corrected chi connectivity index (χ0v) is 38.1. The van der Waals surface area contributed by atoms with Crippen LogP contribution in [0.2, 0.25) is 0 Å². The molecule has 1 fully saturated rings. The van der Waals surface area contributed by atoms with Crippen LogP contribution in [-0.4, -0.2) is 112 Å². The topological polar surface area (TPSA) is 186 Å². The molecule has 0 radical (unpaired) electrons. The molecule has 21 heteroatoms. The highest BCUT2D eigenvalue weighted by Crippen LogP contribution is 2.51. The van der Waals surface area contributed by atoms with Crippen molar-refractivity contribution in [1.29, 1.82) is 5.26 Å². The summed E-state index contributed by atoms with van der Waals surface area (Å²) < 4.78 is 89.0. The van der Waals surface area contributed by atoms with E-state index in [-0.39, 0.29) is 37.5 Å². The van der Waals surface area contributed by atoms with Gasteiger partial charge in [-0.3, -0.25) is 9.36 Å². The molecule has 5 atom stereocenters. The van der Waals surface area contributed by atoms with Crippen LogP contribution in [0.4, 0.5) is 13.2 Å². The van der Waals surface area contributed by atoms with Crippen molar-refractivity contribution in [3.63, 3.8) is 0 Å². The van der Waals surface area contributed by atoms with Crippen molar-refractivity contribution in [3.05, 3.63) is 131 Å². The van der Waals surface area contributed by atoms with E-state index >= 15 is 0 Å². The van der Waals surface area contributed by atoms with Gasteiger partial charge in [-0.1, -0.05) is 54.6 Å². The number of amides is 1. The molecule has 3 aromatic carbocycles. The predicted molar refractivity (Wildman–Crippen MR) is 234 cm³/mol. The number of nitrogens with one attached hydrogen (secondary N) is 1. The van der Waals surface area contributed by atoms with Crippen molar-refractivity contribution in [2.24, 2.45) is 0 Å². The third kappa shape index (κ3) is 11.6. The van der Waals surface area contributed by atoms with Crippen LogP contribution in [0, 0.1) is 11.3 Å². The van der Waals surface area contributed by atoms with E-state index in [9.17, 15) is 28.0 Å². The first-order valence-corrected chi connectivity index (χ1v) is 22.1. The van der Waals surface area contributed by atoms with E-state index in [2.05, 4.69) is 21.1 Å². The summed E-state index contributed by atoms with van der Waals surface area (Å²) in [7, 11) is 1.10. The Morgan fingerprint density at radius 1 is 0.909 bits per heavy atom. The van der Waals surface area contributed by atoms with E-state index in [0.29, 0.717) is 22.6 Å². The lowest BCUT2D eigenvalue weighted by Gasteiger charge is -2.39. The Kier molecular flexibility index (Phi) is 17.0. The van der Waals surface area contributed by atoms with Crippen molar-refractivity contribution in [1.82, 2.24) is 34.3 Å². The number of carbonyl (C=O) groups excluding carboxylic acids is 1. The second-order valence-corrected chi connectivity index (χ2v) is 16.8. The van der Waals surface area contributed by atoms with Gasteiger partial charge in [0.05, 0.1) is 46.5 Å². The first kappa shape index (κ1) is 49.6. The predicted octanol–water partition coefficient (Wildman–Crippen LogP) is 6.47. The van der Waals surface area contributed by atoms with Gasteiger partial charge in [-0.2, -0.15) is 28.5 Å². The van der Waals surface area contributed by atoms with Crippen LogP contribution in [0.15, 0.2) is 109 Å². The normalized spacial score (nSPS) is 18.1. The molecule has 0 aliphatic carbocycles. The van der Waals surface area contributed by atoms with Gasteiger partial charge >= 0.3 is 17.8 Å². The lowest BCUT2D eigenvalue weighted by atomic mass is 9.80. The standard InChI is InChI=1S/C45H52F3N8O9P/c1-30(2)56(31(3)4)66(63-25-10-22-49)65-39-37(27-62-44(32-11-8-7-9-12-32,33-13-17-35(59-5)18-14-33)34-15-19-36(60-6)20-16-34)64-41(40(39)61-26-23-51-42(57)45(46,47)48)54-24-21-38(53-43(54)58)55-29-50-28-52-55/h7-9,11-21,24,28-31,37,39-41H,10,23,25-27H2,1-6H3,(H,51,57)/t37-,39-,40-,41-,66?/m1/s1. The van der Waals surface area contributed by atoms with Crippen LogP contribution in [0.25, 0.3) is 5.82 Å². The summed E-state index contributed by atoms with van der Waals surface area (Å²) in [6, 6.07) is 27.6. The molecule has 1 amide bonds. The number of aromatic nitrogens is 5. The van der Waals surface area contributed by atoms with Gasteiger partial charge in [0, 0.05) is 24.8 Å². The Balaban J connectivity index is 1.50. The van der Waals surface area contributed by atoms with Crippen LogP contribution in [-0.2, 0) is 33.7 Å². The van der Waals surface area contributed by atoms with Gasteiger partial charge in [-0.15, -0.1) is 0 Å². The lowest BCUT2D eigenvalue weighted by Crippen LogP contribution is -2.44. The van der Waals surface area contributed by atoms with Crippen LogP contribution < -0.4 is 20.5 Å². The monoisotopic (exact) mass is 936 g/mol. The van der Waals surface area contributed by atoms with Crippen molar-refractivity contribution >= 4 is 14.4 Å². The minimum Gasteiger partial charge on any atom is -0.497 e.